The van der Waals surface area contributed by atoms with Gasteiger partial charge in [0.1, 0.15) is 53.4 Å². The molecule has 11 N–H and O–H groups in total. The molecule has 15 rings (SSSR count). The quantitative estimate of drug-likeness (QED) is 0.0249. The third kappa shape index (κ3) is 26.4. The maximum Gasteiger partial charge on any atom is 0.414 e. The Hall–Kier alpha value is -16.0. The highest BCUT2D eigenvalue weighted by atomic mass is 32.1. The molecule has 0 spiro atoms. The van der Waals surface area contributed by atoms with Crippen molar-refractivity contribution in [2.45, 2.75) is 73.7 Å². The number of fused-ring (bicyclic) bond motifs is 5. The standard InChI is InChI=1S/C17H15FN4O4S.C17H14FN3O4S2.C16H13FN4O4S.C16H17N5O4S.C15H12FN5O4S/c1-9(2)26-17(25)21-14(23)10-7-12(18)27-16(10)20-15(24)11-8-22-6-4-3-5-13(22)19-11;1-8(2)25-17(24)21-13(22)9-7-12(18)27-15(9)20-14(23)16-19-10-5-3-4-6-11(10)26-16;1-2-25-16(24)20-13(22)9-7-11(17)26-15(9)19-14(23)10-8-21-6-4-3-5-12(21)18-10;1-10(2)25-16(24)18-13(22)11-5-8-26-15(11)17-14(23)12-9-20-6-3-4-7-21(20)19-12;1-2-25-15(24)20-13(23)9-5-10(16)26-14(9)19-12(22)8-6-17-11-3-4-18-21(11)7-8/h3-9H,1-2H3,(H,20,24)(H,21,23,25);3-8H,1-2H3,(H,20,23)(H,21,22,24);3-8H,2H2,1H3,(H,19,23)(H,20,22,24);3-10,19H,1-2H3,(H,17,23)(H,18,22,24);3-7H,2H2,1H3,(H,19,22)(H,20,23,24). The summed E-state index contributed by atoms with van der Waals surface area (Å²) in [6.07, 6.45) is 13.7. The number of thiazole rings is 1. The van der Waals surface area contributed by atoms with Crippen molar-refractivity contribution in [1.29, 1.82) is 0 Å². The molecule has 12 aromatic heterocycles. The van der Waals surface area contributed by atoms with Crippen LogP contribution in [0.25, 0.3) is 27.2 Å². The maximum atomic E-state index is 13.7. The van der Waals surface area contributed by atoms with E-state index in [9.17, 15) is 89.5 Å². The molecule has 14 heterocycles. The van der Waals surface area contributed by atoms with E-state index in [4.69, 9.17) is 14.2 Å². The van der Waals surface area contributed by atoms with Crippen molar-refractivity contribution in [3.05, 3.63) is 253 Å². The first-order valence-electron chi connectivity index (χ1n) is 38.3. The van der Waals surface area contributed by atoms with E-state index < -0.39 is 122 Å². The van der Waals surface area contributed by atoms with Gasteiger partial charge in [-0.2, -0.15) is 27.8 Å². The van der Waals surface area contributed by atoms with E-state index in [1.807, 2.05) is 45.6 Å². The van der Waals surface area contributed by atoms with Crippen LogP contribution in [0, 0.1) is 20.5 Å². The van der Waals surface area contributed by atoms with Gasteiger partial charge < -0.3 is 59.1 Å². The first kappa shape index (κ1) is 96.6. The van der Waals surface area contributed by atoms with Crippen LogP contribution in [0.4, 0.5) is 66.5 Å². The fourth-order valence-electron chi connectivity index (χ4n) is 10.8. The summed E-state index contributed by atoms with van der Waals surface area (Å²) in [4.78, 5) is 197. The zero-order valence-corrected chi connectivity index (χ0v) is 74.4. The number of thiophene rings is 5. The van der Waals surface area contributed by atoms with Gasteiger partial charge in [0.15, 0.2) is 31.2 Å². The average molecular weight is 1930 g/mol. The van der Waals surface area contributed by atoms with E-state index in [0.29, 0.717) is 78.5 Å². The van der Waals surface area contributed by atoms with Gasteiger partial charge in [-0.25, -0.2) is 53.4 Å². The van der Waals surface area contributed by atoms with Crippen LogP contribution in [0.1, 0.15) is 148 Å². The molecule has 132 heavy (non-hydrogen) atoms. The van der Waals surface area contributed by atoms with E-state index in [1.165, 1.54) is 64.2 Å². The van der Waals surface area contributed by atoms with Crippen LogP contribution in [0.5, 0.6) is 0 Å². The molecule has 41 nitrogen and oxygen atoms in total. The number of hydrogen-bond donors (Lipinski definition) is 11. The third-order valence-electron chi connectivity index (χ3n) is 16.2. The maximum absolute atomic E-state index is 13.7. The smallest absolute Gasteiger partial charge is 0.414 e. The number of pyridine rings is 2. The van der Waals surface area contributed by atoms with E-state index in [0.717, 1.165) is 29.0 Å². The van der Waals surface area contributed by atoms with Crippen molar-refractivity contribution < 1.29 is 113 Å². The number of nitrogens with zero attached hydrogens (tertiary/aromatic N) is 10. The number of para-hydroxylation sites is 1. The van der Waals surface area contributed by atoms with Crippen LogP contribution in [0.3, 0.4) is 0 Å². The fraction of sp³-hybridized carbons (Fsp3) is 0.160. The van der Waals surface area contributed by atoms with Crippen molar-refractivity contribution in [1.82, 2.24) is 80.5 Å². The van der Waals surface area contributed by atoms with Crippen LogP contribution in [0.15, 0.2) is 182 Å². The average Bonchev–Trinajstić information content (AvgIpc) is 1.66. The molecule has 51 heteroatoms. The molecule has 0 radical (unpaired) electrons. The number of hydrogen-bond acceptors (Lipinski definition) is 34. The fourth-order valence-corrected chi connectivity index (χ4v) is 15.5. The number of amides is 15. The molecular formula is C81H71F4N21O20S6. The van der Waals surface area contributed by atoms with Crippen LogP contribution in [0.2, 0.25) is 0 Å². The molecule has 2 aliphatic rings. The van der Waals surface area contributed by atoms with Gasteiger partial charge in [-0.15, -0.1) is 22.7 Å². The number of halogens is 4. The zero-order valence-electron chi connectivity index (χ0n) is 69.5. The SMILES string of the molecule is CC(C)OC(=O)NC(=O)c1cc(F)sc1NC(=O)c1cn2ccccc2n1.CC(C)OC(=O)NC(=O)c1cc(F)sc1NC(=O)c1nc2ccccc2s1.CC(C)OC(=O)NC(=O)c1ccsc1NC(=O)C1=CN2C=CC=CN2N1.CCOC(=O)NC(=O)c1cc(F)sc1NC(=O)c1cn2ccccc2n1.CCOC(=O)NC(=O)c1cc(F)sc1NC(=O)c1cnc2ccnn2c1. The van der Waals surface area contributed by atoms with Gasteiger partial charge in [0.05, 0.1) is 87.5 Å². The second-order valence-electron chi connectivity index (χ2n) is 26.9. The molecule has 0 saturated heterocycles. The van der Waals surface area contributed by atoms with Crippen molar-refractivity contribution in [3.8, 4) is 0 Å². The number of ether oxygens (including phenoxy) is 5. The molecule has 1 aromatic carbocycles. The Morgan fingerprint density at radius 1 is 0.432 bits per heavy atom. The molecule has 0 unspecified atom stereocenters. The van der Waals surface area contributed by atoms with Gasteiger partial charge in [-0.05, 0) is 115 Å². The predicted octanol–water partition coefficient (Wildman–Crippen LogP) is 13.7. The number of anilines is 5. The zero-order chi connectivity index (χ0) is 95.1. The van der Waals surface area contributed by atoms with Crippen LogP contribution < -0.4 is 58.6 Å². The summed E-state index contributed by atoms with van der Waals surface area (Å²) < 4.78 is 83.8. The molecule has 0 saturated carbocycles. The number of alkyl carbamates (subject to hydrolysis) is 5. The molecule has 684 valence electrons. The third-order valence-corrected chi connectivity index (χ3v) is 21.5. The largest absolute Gasteiger partial charge is 0.450 e. The summed E-state index contributed by atoms with van der Waals surface area (Å²) in [6.45, 7) is 13.1. The molecular weight excluding hydrogens is 1860 g/mol. The number of carbonyl (C=O) groups excluding carboxylic acids is 15. The first-order chi connectivity index (χ1) is 63.0. The molecule has 15 amide bonds. The monoisotopic (exact) mass is 1930 g/mol. The highest BCUT2D eigenvalue weighted by Crippen LogP contribution is 2.33. The van der Waals surface area contributed by atoms with E-state index in [1.54, 1.807) is 165 Å². The van der Waals surface area contributed by atoms with Crippen molar-refractivity contribution in [2.24, 2.45) is 0 Å². The summed E-state index contributed by atoms with van der Waals surface area (Å²) in [6, 6.07) is 24.7. The Bertz CT molecular complexity index is 6350. The summed E-state index contributed by atoms with van der Waals surface area (Å²) in [7, 11) is 0. The summed E-state index contributed by atoms with van der Waals surface area (Å²) in [5.41, 5.74) is 5.37. The molecule has 0 bridgehead atoms. The number of allylic oxidation sites excluding steroid dienone is 2. The summed E-state index contributed by atoms with van der Waals surface area (Å²) in [5.74, 6) is -6.99. The minimum Gasteiger partial charge on any atom is -0.450 e. The summed E-state index contributed by atoms with van der Waals surface area (Å²) >= 11 is 4.62. The number of imide groups is 5. The molecule has 13 aromatic rings. The highest BCUT2D eigenvalue weighted by Gasteiger charge is 2.30. The minimum absolute atomic E-state index is 0.0217. The number of hydrazine groups is 2. The molecule has 0 aliphatic carbocycles. The summed E-state index contributed by atoms with van der Waals surface area (Å²) in [5, 5.41) is 29.0. The predicted molar refractivity (Wildman–Crippen MR) is 474 cm³/mol. The second kappa shape index (κ2) is 44.6. The van der Waals surface area contributed by atoms with Gasteiger partial charge in [0.25, 0.3) is 59.1 Å². The Labute approximate surface area is 764 Å². The van der Waals surface area contributed by atoms with Crippen molar-refractivity contribution in [2.75, 3.05) is 39.8 Å². The number of nitrogens with one attached hydrogen (secondary N) is 11. The van der Waals surface area contributed by atoms with E-state index >= 15 is 0 Å². The first-order valence-corrected chi connectivity index (χ1v) is 43.3. The molecule has 0 atom stereocenters. The minimum atomic E-state index is -0.963. The highest BCUT2D eigenvalue weighted by molar-refractivity contribution is 7.20. The lowest BCUT2D eigenvalue weighted by molar-refractivity contribution is -0.113. The lowest BCUT2D eigenvalue weighted by Gasteiger charge is -2.25. The Kier molecular flexibility index (Phi) is 32.7. The van der Waals surface area contributed by atoms with E-state index in [2.05, 4.69) is 71.8 Å². The van der Waals surface area contributed by atoms with Gasteiger partial charge in [0, 0.05) is 79.9 Å². The van der Waals surface area contributed by atoms with Crippen LogP contribution >= 0.6 is 68.0 Å². The normalized spacial score (nSPS) is 11.5. The lowest BCUT2D eigenvalue weighted by atomic mass is 10.2. The molecule has 2 aliphatic heterocycles. The van der Waals surface area contributed by atoms with E-state index in [-0.39, 0.29) is 89.1 Å². The van der Waals surface area contributed by atoms with Gasteiger partial charge >= 0.3 is 30.5 Å². The number of carbonyl (C=O) groups is 15. The topological polar surface area (TPSA) is 519 Å². The van der Waals surface area contributed by atoms with Gasteiger partial charge in [0.2, 0.25) is 0 Å². The Balaban J connectivity index is 0.000000159. The van der Waals surface area contributed by atoms with Crippen molar-refractivity contribution in [3.63, 3.8) is 0 Å². The van der Waals surface area contributed by atoms with Crippen LogP contribution in [-0.2, 0) is 28.5 Å². The van der Waals surface area contributed by atoms with Crippen LogP contribution in [-0.4, -0.2) is 170 Å². The van der Waals surface area contributed by atoms with Gasteiger partial charge in [-0.3, -0.25) is 80.0 Å². The Morgan fingerprint density at radius 3 is 1.30 bits per heavy atom. The lowest BCUT2D eigenvalue weighted by Crippen LogP contribution is -2.37. The van der Waals surface area contributed by atoms with Gasteiger partial charge in [-0.1, -0.05) is 69.6 Å². The second-order valence-corrected chi connectivity index (χ2v) is 32.8. The Morgan fingerprint density at radius 2 is 0.856 bits per heavy atom. The molecule has 0 fully saturated rings. The number of imidazole rings is 2. The van der Waals surface area contributed by atoms with Crippen molar-refractivity contribution >= 4 is 210 Å². The number of rotatable bonds is 20. The number of aromatic nitrogens is 8. The number of benzene rings is 1.